The number of hydrogen-bond acceptors (Lipinski definition) is 5. The van der Waals surface area contributed by atoms with Crippen molar-refractivity contribution in [3.63, 3.8) is 0 Å². The smallest absolute Gasteiger partial charge is 0.387 e. The molecule has 0 aliphatic carbocycles. The fraction of sp³-hybridized carbons (Fsp3) is 0.925. The molecule has 0 aliphatic heterocycles. The van der Waals surface area contributed by atoms with Crippen LogP contribution in [0.3, 0.4) is 0 Å². The zero-order chi connectivity index (χ0) is 36.5. The number of allylic oxidation sites excluding steroid dienone is 1. The summed E-state index contributed by atoms with van der Waals surface area (Å²) >= 11 is 0. The topological polar surface area (TPSA) is 105 Å². The van der Waals surface area contributed by atoms with Gasteiger partial charge in [-0.25, -0.2) is 4.57 Å². The number of hydrogen-bond donors (Lipinski definition) is 3. The third-order valence-electron chi connectivity index (χ3n) is 9.26. The molecule has 0 aliphatic rings. The van der Waals surface area contributed by atoms with Crippen molar-refractivity contribution in [2.45, 2.75) is 199 Å². The first-order chi connectivity index (χ1) is 23.5. The first-order valence-electron chi connectivity index (χ1n) is 20.6. The van der Waals surface area contributed by atoms with E-state index in [1.54, 1.807) is 6.08 Å². The van der Waals surface area contributed by atoms with Crippen molar-refractivity contribution in [3.05, 3.63) is 12.2 Å². The van der Waals surface area contributed by atoms with Crippen LogP contribution in [0.2, 0.25) is 0 Å². The van der Waals surface area contributed by atoms with E-state index >= 15 is 0 Å². The second-order valence-electron chi connectivity index (χ2n) is 15.4. The number of quaternary nitrogens is 1. The van der Waals surface area contributed by atoms with Gasteiger partial charge in [-0.1, -0.05) is 174 Å². The lowest BCUT2D eigenvalue weighted by Crippen LogP contribution is -2.45. The normalized spacial score (nSPS) is 14.7. The molecule has 1 amide bonds. The van der Waals surface area contributed by atoms with Crippen molar-refractivity contribution in [3.8, 4) is 0 Å². The molecule has 0 saturated heterocycles. The molecule has 0 spiro atoms. The Morgan fingerprint density at radius 2 is 1.08 bits per heavy atom. The quantitative estimate of drug-likeness (QED) is 0.0256. The Hall–Kier alpha value is -0.760. The standard InChI is InChI=1S/C40H81N2O6P/c1-6-8-10-12-14-16-18-19-20-21-22-23-24-25-27-29-31-33-39(43)38(37-48-49(45,46)47-36-35-42(3,4)5)41-40(44)34-32-30-28-26-17-15-13-11-9-7-2/h31,33,38-39,43H,6-30,32,34-37H2,1-5H3,(H-,41,44,45,46)/p+1/b33-31+. The SMILES string of the molecule is CCCCCCCCCCCCCCCCC/C=C/C(O)C(COP(=O)(O)OCC[N+](C)(C)C)NC(=O)CCCCCCCCCCCC. The molecule has 0 saturated carbocycles. The van der Waals surface area contributed by atoms with Crippen LogP contribution in [0.25, 0.3) is 0 Å². The number of aliphatic hydroxyl groups excluding tert-OH is 1. The molecule has 8 nitrogen and oxygen atoms in total. The average molecular weight is 718 g/mol. The van der Waals surface area contributed by atoms with Crippen LogP contribution in [0.4, 0.5) is 0 Å². The molecule has 3 atom stereocenters. The number of nitrogens with one attached hydrogen (secondary N) is 1. The third-order valence-corrected chi connectivity index (χ3v) is 10.2. The lowest BCUT2D eigenvalue weighted by atomic mass is 10.0. The van der Waals surface area contributed by atoms with Gasteiger partial charge in [-0.05, 0) is 19.3 Å². The highest BCUT2D eigenvalue weighted by Crippen LogP contribution is 2.43. The van der Waals surface area contributed by atoms with Crippen LogP contribution in [-0.2, 0) is 18.4 Å². The van der Waals surface area contributed by atoms with Gasteiger partial charge in [-0.2, -0.15) is 0 Å². The molecule has 0 rings (SSSR count). The predicted molar refractivity (Wildman–Crippen MR) is 208 cm³/mol. The molecule has 3 N–H and O–H groups in total. The van der Waals surface area contributed by atoms with Crippen LogP contribution >= 0.6 is 7.82 Å². The van der Waals surface area contributed by atoms with Gasteiger partial charge in [-0.15, -0.1) is 0 Å². The third kappa shape index (κ3) is 35.4. The molecule has 0 radical (unpaired) electrons. The van der Waals surface area contributed by atoms with E-state index in [1.807, 2.05) is 27.2 Å². The van der Waals surface area contributed by atoms with Gasteiger partial charge >= 0.3 is 7.82 Å². The molecule has 0 aromatic rings. The fourth-order valence-electron chi connectivity index (χ4n) is 5.92. The van der Waals surface area contributed by atoms with Crippen molar-refractivity contribution in [2.75, 3.05) is 40.9 Å². The summed E-state index contributed by atoms with van der Waals surface area (Å²) in [5.74, 6) is -0.179. The molecule has 292 valence electrons. The van der Waals surface area contributed by atoms with Crippen LogP contribution < -0.4 is 5.32 Å². The molecule has 0 fully saturated rings. The van der Waals surface area contributed by atoms with Crippen LogP contribution in [0.1, 0.15) is 187 Å². The van der Waals surface area contributed by atoms with Crippen LogP contribution in [-0.4, -0.2) is 73.4 Å². The molecule has 3 unspecified atom stereocenters. The zero-order valence-corrected chi connectivity index (χ0v) is 33.8. The van der Waals surface area contributed by atoms with E-state index < -0.39 is 20.0 Å². The van der Waals surface area contributed by atoms with Crippen molar-refractivity contribution >= 4 is 13.7 Å². The molecule has 0 aromatic heterocycles. The Morgan fingerprint density at radius 3 is 1.51 bits per heavy atom. The lowest BCUT2D eigenvalue weighted by molar-refractivity contribution is -0.870. The van der Waals surface area contributed by atoms with Crippen molar-refractivity contribution in [1.82, 2.24) is 5.32 Å². The van der Waals surface area contributed by atoms with Gasteiger partial charge in [0.05, 0.1) is 39.9 Å². The van der Waals surface area contributed by atoms with E-state index in [0.29, 0.717) is 17.4 Å². The highest BCUT2D eigenvalue weighted by atomic mass is 31.2. The fourth-order valence-corrected chi connectivity index (χ4v) is 6.66. The molecule has 0 aromatic carbocycles. The van der Waals surface area contributed by atoms with Gasteiger partial charge in [0.15, 0.2) is 0 Å². The average Bonchev–Trinajstić information content (AvgIpc) is 3.04. The summed E-state index contributed by atoms with van der Waals surface area (Å²) in [4.78, 5) is 23.0. The number of amides is 1. The van der Waals surface area contributed by atoms with Crippen LogP contribution in [0.5, 0.6) is 0 Å². The second kappa shape index (κ2) is 33.1. The Bertz CT molecular complexity index is 819. The summed E-state index contributed by atoms with van der Waals surface area (Å²) in [7, 11) is 1.58. The Labute approximate surface area is 303 Å². The number of aliphatic hydroxyl groups is 1. The largest absolute Gasteiger partial charge is 0.472 e. The maximum absolute atomic E-state index is 12.8. The predicted octanol–water partition coefficient (Wildman–Crippen LogP) is 10.8. The van der Waals surface area contributed by atoms with Gasteiger partial charge in [0.2, 0.25) is 5.91 Å². The van der Waals surface area contributed by atoms with Crippen molar-refractivity contribution < 1.29 is 32.9 Å². The molecule has 49 heavy (non-hydrogen) atoms. The van der Waals surface area contributed by atoms with Crippen molar-refractivity contribution in [1.29, 1.82) is 0 Å². The molecule has 0 bridgehead atoms. The van der Waals surface area contributed by atoms with E-state index in [2.05, 4.69) is 19.2 Å². The Balaban J connectivity index is 4.44. The maximum Gasteiger partial charge on any atom is 0.472 e. The minimum Gasteiger partial charge on any atom is -0.387 e. The van der Waals surface area contributed by atoms with Gasteiger partial charge in [0.25, 0.3) is 0 Å². The monoisotopic (exact) mass is 718 g/mol. The summed E-state index contributed by atoms with van der Waals surface area (Å²) in [6, 6.07) is -0.838. The van der Waals surface area contributed by atoms with E-state index in [1.165, 1.54) is 135 Å². The molecular weight excluding hydrogens is 635 g/mol. The van der Waals surface area contributed by atoms with Crippen LogP contribution in [0, 0.1) is 0 Å². The highest BCUT2D eigenvalue weighted by molar-refractivity contribution is 7.47. The Kier molecular flexibility index (Phi) is 32.6. The summed E-state index contributed by atoms with van der Waals surface area (Å²) in [6.45, 7) is 4.80. The first-order valence-corrected chi connectivity index (χ1v) is 22.1. The van der Waals surface area contributed by atoms with E-state index in [9.17, 15) is 19.4 Å². The Morgan fingerprint density at radius 1 is 0.673 bits per heavy atom. The first kappa shape index (κ1) is 48.2. The number of rotatable bonds is 37. The number of carbonyl (C=O) groups is 1. The minimum atomic E-state index is -4.32. The van der Waals surface area contributed by atoms with Gasteiger partial charge in [0.1, 0.15) is 13.2 Å². The summed E-state index contributed by atoms with van der Waals surface area (Å²) in [6.07, 6.45) is 35.6. The number of carbonyl (C=O) groups excluding carboxylic acids is 1. The van der Waals surface area contributed by atoms with Gasteiger partial charge in [-0.3, -0.25) is 13.8 Å². The number of phosphoric acid groups is 1. The number of likely N-dealkylation sites (N-methyl/N-ethyl adjacent to an activating group) is 1. The molecule has 0 heterocycles. The lowest BCUT2D eigenvalue weighted by Gasteiger charge is -2.25. The number of nitrogens with zero attached hydrogens (tertiary/aromatic N) is 1. The maximum atomic E-state index is 12.8. The summed E-state index contributed by atoms with van der Waals surface area (Å²) < 4.78 is 23.5. The number of unbranched alkanes of at least 4 members (excludes halogenated alkanes) is 24. The highest BCUT2D eigenvalue weighted by Gasteiger charge is 2.27. The van der Waals surface area contributed by atoms with E-state index in [0.717, 1.165) is 32.1 Å². The van der Waals surface area contributed by atoms with Gasteiger partial charge < -0.3 is 19.8 Å². The minimum absolute atomic E-state index is 0.0642. The van der Waals surface area contributed by atoms with E-state index in [-0.39, 0.29) is 19.1 Å². The van der Waals surface area contributed by atoms with Gasteiger partial charge in [0, 0.05) is 6.42 Å². The number of phosphoric ester groups is 1. The second-order valence-corrected chi connectivity index (χ2v) is 16.8. The molecular formula is C40H82N2O6P+. The van der Waals surface area contributed by atoms with Crippen LogP contribution in [0.15, 0.2) is 12.2 Å². The molecule has 9 heteroatoms. The zero-order valence-electron chi connectivity index (χ0n) is 32.9. The van der Waals surface area contributed by atoms with E-state index in [4.69, 9.17) is 9.05 Å². The summed E-state index contributed by atoms with van der Waals surface area (Å²) in [5.41, 5.74) is 0. The summed E-state index contributed by atoms with van der Waals surface area (Å²) in [5, 5.41) is 13.8. The van der Waals surface area contributed by atoms with Crippen molar-refractivity contribution in [2.24, 2.45) is 0 Å².